The first-order valence-electron chi connectivity index (χ1n) is 5.81. The fraction of sp³-hybridized carbons (Fsp3) is 0.538. The lowest BCUT2D eigenvalue weighted by Gasteiger charge is -2.31. The predicted molar refractivity (Wildman–Crippen MR) is 67.2 cm³/mol. The van der Waals surface area contributed by atoms with Crippen LogP contribution in [-0.4, -0.2) is 11.4 Å². The molecule has 4 heteroatoms. The van der Waals surface area contributed by atoms with E-state index in [9.17, 15) is 8.78 Å². The van der Waals surface area contributed by atoms with Crippen LogP contribution in [0.2, 0.25) is 0 Å². The van der Waals surface area contributed by atoms with E-state index in [-0.39, 0.29) is 5.54 Å². The minimum Gasteiger partial charge on any atom is -0.306 e. The van der Waals surface area contributed by atoms with Crippen molar-refractivity contribution in [1.29, 1.82) is 0 Å². The first kappa shape index (κ1) is 14.4. The minimum atomic E-state index is -0.550. The van der Waals surface area contributed by atoms with E-state index in [4.69, 9.17) is 11.6 Å². The van der Waals surface area contributed by atoms with Gasteiger partial charge in [0.2, 0.25) is 0 Å². The number of nitrogens with one attached hydrogen (secondary N) is 1. The van der Waals surface area contributed by atoms with E-state index in [2.05, 4.69) is 5.32 Å². The van der Waals surface area contributed by atoms with Crippen molar-refractivity contribution in [3.05, 3.63) is 35.4 Å². The number of benzene rings is 1. The van der Waals surface area contributed by atoms with Crippen LogP contribution in [0.1, 0.15) is 32.3 Å². The van der Waals surface area contributed by atoms with Crippen LogP contribution in [-0.2, 0) is 6.54 Å². The smallest absolute Gasteiger partial charge is 0.126 e. The van der Waals surface area contributed by atoms with Crippen molar-refractivity contribution in [3.63, 3.8) is 0 Å². The molecule has 0 aliphatic heterocycles. The molecule has 1 rings (SSSR count). The van der Waals surface area contributed by atoms with Crippen molar-refractivity contribution < 1.29 is 8.78 Å². The van der Waals surface area contributed by atoms with Crippen molar-refractivity contribution in [2.24, 2.45) is 0 Å². The molecule has 96 valence electrons. The number of hydrogen-bond donors (Lipinski definition) is 1. The second-order valence-corrected chi connectivity index (χ2v) is 4.52. The van der Waals surface area contributed by atoms with E-state index in [0.717, 1.165) is 18.9 Å². The zero-order valence-electron chi connectivity index (χ0n) is 10.2. The summed E-state index contributed by atoms with van der Waals surface area (Å²) < 4.78 is 26.0. The van der Waals surface area contributed by atoms with Gasteiger partial charge in [-0.3, -0.25) is 0 Å². The molecule has 0 aromatic heterocycles. The van der Waals surface area contributed by atoms with Crippen molar-refractivity contribution in [1.82, 2.24) is 5.32 Å². The Bertz CT molecular complexity index is 336. The van der Waals surface area contributed by atoms with Crippen LogP contribution in [0.3, 0.4) is 0 Å². The highest BCUT2D eigenvalue weighted by atomic mass is 35.5. The molecule has 0 bridgehead atoms. The number of hydrogen-bond acceptors (Lipinski definition) is 1. The maximum absolute atomic E-state index is 13.0. The van der Waals surface area contributed by atoms with Crippen LogP contribution in [0.15, 0.2) is 18.2 Å². The molecule has 0 unspecified atom stereocenters. The van der Waals surface area contributed by atoms with Crippen molar-refractivity contribution in [3.8, 4) is 0 Å². The molecule has 1 aromatic rings. The van der Waals surface area contributed by atoms with E-state index >= 15 is 0 Å². The Labute approximate surface area is 106 Å². The molecule has 1 N–H and O–H groups in total. The molecule has 0 aliphatic rings. The van der Waals surface area contributed by atoms with E-state index in [1.165, 1.54) is 12.1 Å². The van der Waals surface area contributed by atoms with Crippen LogP contribution in [0.25, 0.3) is 0 Å². The number of halogens is 3. The second kappa shape index (κ2) is 6.31. The molecule has 0 saturated carbocycles. The zero-order valence-corrected chi connectivity index (χ0v) is 11.0. The van der Waals surface area contributed by atoms with Crippen molar-refractivity contribution >= 4 is 11.6 Å². The van der Waals surface area contributed by atoms with Gasteiger partial charge in [-0.1, -0.05) is 13.8 Å². The molecule has 0 amide bonds. The average Bonchev–Trinajstić information content (AvgIpc) is 2.30. The molecule has 0 heterocycles. The van der Waals surface area contributed by atoms with Gasteiger partial charge in [0, 0.05) is 24.0 Å². The van der Waals surface area contributed by atoms with Gasteiger partial charge in [-0.2, -0.15) is 0 Å². The fourth-order valence-electron chi connectivity index (χ4n) is 1.74. The summed E-state index contributed by atoms with van der Waals surface area (Å²) in [7, 11) is 0. The molecule has 0 spiro atoms. The second-order valence-electron chi connectivity index (χ2n) is 4.25. The highest BCUT2D eigenvalue weighted by Gasteiger charge is 2.23. The van der Waals surface area contributed by atoms with Crippen molar-refractivity contribution in [2.75, 3.05) is 5.88 Å². The lowest BCUT2D eigenvalue weighted by atomic mass is 9.95. The lowest BCUT2D eigenvalue weighted by molar-refractivity contribution is 0.334. The molecule has 1 nitrogen and oxygen atoms in total. The zero-order chi connectivity index (χ0) is 12.9. The largest absolute Gasteiger partial charge is 0.306 e. The molecular weight excluding hydrogens is 244 g/mol. The standard InChI is InChI=1S/C13H18ClF2N/c1-3-13(4-2,9-14)17-8-10-5-11(15)7-12(16)6-10/h5-7,17H,3-4,8-9H2,1-2H3. The SMILES string of the molecule is CCC(CC)(CCl)NCc1cc(F)cc(F)c1. The third-order valence-corrected chi connectivity index (χ3v) is 3.71. The van der Waals surface area contributed by atoms with Crippen LogP contribution < -0.4 is 5.32 Å². The lowest BCUT2D eigenvalue weighted by Crippen LogP contribution is -2.45. The van der Waals surface area contributed by atoms with E-state index in [1.807, 2.05) is 13.8 Å². The van der Waals surface area contributed by atoms with Crippen LogP contribution in [0.4, 0.5) is 8.78 Å². The molecule has 1 aromatic carbocycles. The molecule has 17 heavy (non-hydrogen) atoms. The summed E-state index contributed by atoms with van der Waals surface area (Å²) in [6, 6.07) is 3.54. The quantitative estimate of drug-likeness (QED) is 0.767. The Morgan fingerprint density at radius 2 is 1.65 bits per heavy atom. The van der Waals surface area contributed by atoms with Gasteiger partial charge in [0.25, 0.3) is 0 Å². The molecule has 0 radical (unpaired) electrons. The summed E-state index contributed by atoms with van der Waals surface area (Å²) in [5.74, 6) is -0.616. The van der Waals surface area contributed by atoms with Gasteiger partial charge in [-0.15, -0.1) is 11.6 Å². The van der Waals surface area contributed by atoms with Gasteiger partial charge in [-0.05, 0) is 30.5 Å². The van der Waals surface area contributed by atoms with Crippen LogP contribution in [0, 0.1) is 11.6 Å². The van der Waals surface area contributed by atoms with Gasteiger partial charge in [0.1, 0.15) is 11.6 Å². The average molecular weight is 262 g/mol. The Hall–Kier alpha value is -0.670. The van der Waals surface area contributed by atoms with Gasteiger partial charge in [0.15, 0.2) is 0 Å². The summed E-state index contributed by atoms with van der Waals surface area (Å²) in [4.78, 5) is 0. The van der Waals surface area contributed by atoms with Gasteiger partial charge < -0.3 is 5.32 Å². The van der Waals surface area contributed by atoms with Gasteiger partial charge >= 0.3 is 0 Å². The first-order chi connectivity index (χ1) is 8.05. The van der Waals surface area contributed by atoms with Crippen LogP contribution in [0.5, 0.6) is 0 Å². The Kier molecular flexibility index (Phi) is 5.34. The minimum absolute atomic E-state index is 0.162. The maximum atomic E-state index is 13.0. The molecule has 0 atom stereocenters. The number of rotatable bonds is 6. The summed E-state index contributed by atoms with van der Waals surface area (Å²) in [6.07, 6.45) is 1.76. The third-order valence-electron chi connectivity index (χ3n) is 3.20. The Morgan fingerprint density at radius 3 is 2.06 bits per heavy atom. The molecule has 0 aliphatic carbocycles. The fourth-order valence-corrected chi connectivity index (χ4v) is 2.21. The number of alkyl halides is 1. The summed E-state index contributed by atoms with van der Waals surface area (Å²) in [5, 5.41) is 3.29. The van der Waals surface area contributed by atoms with E-state index in [1.54, 1.807) is 0 Å². The predicted octanol–water partition coefficient (Wildman–Crippen LogP) is 3.85. The topological polar surface area (TPSA) is 12.0 Å². The summed E-state index contributed by atoms with van der Waals surface area (Å²) in [5.41, 5.74) is 0.434. The van der Waals surface area contributed by atoms with Crippen molar-refractivity contribution in [2.45, 2.75) is 38.8 Å². The summed E-state index contributed by atoms with van der Waals surface area (Å²) >= 11 is 5.94. The van der Waals surface area contributed by atoms with E-state index < -0.39 is 11.6 Å². The normalized spacial score (nSPS) is 11.8. The molecular formula is C13H18ClF2N. The third kappa shape index (κ3) is 3.93. The molecule has 0 fully saturated rings. The van der Waals surface area contributed by atoms with Gasteiger partial charge in [0.05, 0.1) is 0 Å². The Balaban J connectivity index is 2.71. The maximum Gasteiger partial charge on any atom is 0.126 e. The van der Waals surface area contributed by atoms with Crippen LogP contribution >= 0.6 is 11.6 Å². The first-order valence-corrected chi connectivity index (χ1v) is 6.34. The summed E-state index contributed by atoms with van der Waals surface area (Å²) in [6.45, 7) is 4.51. The monoisotopic (exact) mass is 261 g/mol. The molecule has 0 saturated heterocycles. The highest BCUT2D eigenvalue weighted by molar-refractivity contribution is 6.18. The highest BCUT2D eigenvalue weighted by Crippen LogP contribution is 2.18. The Morgan fingerprint density at radius 1 is 1.12 bits per heavy atom. The van der Waals surface area contributed by atoms with E-state index in [0.29, 0.717) is 18.0 Å². The van der Waals surface area contributed by atoms with Gasteiger partial charge in [-0.25, -0.2) is 8.78 Å².